The van der Waals surface area contributed by atoms with E-state index in [1.54, 1.807) is 0 Å². The molecule has 0 saturated carbocycles. The van der Waals surface area contributed by atoms with E-state index in [-0.39, 0.29) is 36.6 Å². The third-order valence-corrected chi connectivity index (χ3v) is 3.20. The summed E-state index contributed by atoms with van der Waals surface area (Å²) < 4.78 is 11.0. The van der Waals surface area contributed by atoms with Gasteiger partial charge in [0.05, 0.1) is 18.8 Å². The van der Waals surface area contributed by atoms with Crippen molar-refractivity contribution in [2.24, 2.45) is 5.73 Å². The summed E-state index contributed by atoms with van der Waals surface area (Å²) in [5, 5.41) is 0. The van der Waals surface area contributed by atoms with Gasteiger partial charge in [-0.25, -0.2) is 0 Å². The van der Waals surface area contributed by atoms with E-state index in [1.165, 1.54) is 0 Å². The van der Waals surface area contributed by atoms with E-state index in [0.29, 0.717) is 26.2 Å². The number of halogens is 1. The molecule has 2 saturated heterocycles. The van der Waals surface area contributed by atoms with Crippen LogP contribution in [-0.4, -0.2) is 55.4 Å². The van der Waals surface area contributed by atoms with Crippen LogP contribution in [0.2, 0.25) is 0 Å². The van der Waals surface area contributed by atoms with Crippen LogP contribution < -0.4 is 5.73 Å². The summed E-state index contributed by atoms with van der Waals surface area (Å²) >= 11 is 0. The minimum atomic E-state index is -0.279. The van der Waals surface area contributed by atoms with Crippen molar-refractivity contribution in [3.63, 3.8) is 0 Å². The number of carbonyl (C=O) groups is 1. The van der Waals surface area contributed by atoms with E-state index in [9.17, 15) is 4.79 Å². The highest BCUT2D eigenvalue weighted by Gasteiger charge is 2.34. The number of ether oxygens (including phenoxy) is 2. The van der Waals surface area contributed by atoms with Crippen molar-refractivity contribution in [1.29, 1.82) is 0 Å². The standard InChI is InChI=1S/C11H20N2O3.ClH/c1-8-7-13(4-5-15-8)11(14)10-3-2-9(6-12)16-10;/h8-10H,2-7,12H2,1H3;1H/t8?,9-,10+;/m1./s1. The lowest BCUT2D eigenvalue weighted by atomic mass is 10.1. The summed E-state index contributed by atoms with van der Waals surface area (Å²) in [4.78, 5) is 14.0. The summed E-state index contributed by atoms with van der Waals surface area (Å²) in [6, 6.07) is 0. The molecule has 100 valence electrons. The van der Waals surface area contributed by atoms with Crippen LogP contribution in [-0.2, 0) is 14.3 Å². The lowest BCUT2D eigenvalue weighted by Crippen LogP contribution is -2.48. The van der Waals surface area contributed by atoms with Crippen molar-refractivity contribution in [3.05, 3.63) is 0 Å². The summed E-state index contributed by atoms with van der Waals surface area (Å²) in [5.41, 5.74) is 5.53. The van der Waals surface area contributed by atoms with Crippen molar-refractivity contribution in [2.75, 3.05) is 26.2 Å². The zero-order chi connectivity index (χ0) is 11.5. The second kappa shape index (κ2) is 6.54. The molecule has 2 rings (SSSR count). The minimum Gasteiger partial charge on any atom is -0.375 e. The van der Waals surface area contributed by atoms with Gasteiger partial charge in [-0.2, -0.15) is 0 Å². The highest BCUT2D eigenvalue weighted by Crippen LogP contribution is 2.21. The molecule has 0 aliphatic carbocycles. The Balaban J connectivity index is 0.00000144. The molecule has 0 bridgehead atoms. The topological polar surface area (TPSA) is 64.8 Å². The first-order valence-electron chi connectivity index (χ1n) is 5.96. The second-order valence-electron chi connectivity index (χ2n) is 4.53. The lowest BCUT2D eigenvalue weighted by molar-refractivity contribution is -0.149. The molecule has 2 aliphatic rings. The molecule has 0 radical (unpaired) electrons. The molecule has 6 heteroatoms. The van der Waals surface area contributed by atoms with Gasteiger partial charge in [0.25, 0.3) is 5.91 Å². The third-order valence-electron chi connectivity index (χ3n) is 3.20. The first-order chi connectivity index (χ1) is 7.70. The van der Waals surface area contributed by atoms with E-state index in [4.69, 9.17) is 15.2 Å². The Morgan fingerprint density at radius 1 is 1.47 bits per heavy atom. The van der Waals surface area contributed by atoms with Crippen LogP contribution in [0.5, 0.6) is 0 Å². The van der Waals surface area contributed by atoms with E-state index >= 15 is 0 Å². The monoisotopic (exact) mass is 264 g/mol. The van der Waals surface area contributed by atoms with Gasteiger partial charge in [-0.3, -0.25) is 4.79 Å². The Hall–Kier alpha value is -0.360. The summed E-state index contributed by atoms with van der Waals surface area (Å²) in [5.74, 6) is 0.103. The van der Waals surface area contributed by atoms with Gasteiger partial charge in [-0.05, 0) is 19.8 Å². The number of nitrogens with zero attached hydrogens (tertiary/aromatic N) is 1. The molecule has 2 aliphatic heterocycles. The number of rotatable bonds is 2. The van der Waals surface area contributed by atoms with Crippen LogP contribution in [0.1, 0.15) is 19.8 Å². The molecule has 0 spiro atoms. The summed E-state index contributed by atoms with van der Waals surface area (Å²) in [6.45, 7) is 4.46. The first-order valence-corrected chi connectivity index (χ1v) is 5.96. The molecule has 1 amide bonds. The zero-order valence-electron chi connectivity index (χ0n) is 10.1. The number of amides is 1. The smallest absolute Gasteiger partial charge is 0.251 e. The largest absolute Gasteiger partial charge is 0.375 e. The van der Waals surface area contributed by atoms with Crippen molar-refractivity contribution < 1.29 is 14.3 Å². The fourth-order valence-corrected chi connectivity index (χ4v) is 2.28. The number of morpholine rings is 1. The number of hydrogen-bond donors (Lipinski definition) is 1. The molecular weight excluding hydrogens is 244 g/mol. The molecular formula is C11H21ClN2O3. The molecule has 0 aromatic heterocycles. The second-order valence-corrected chi connectivity index (χ2v) is 4.53. The van der Waals surface area contributed by atoms with Crippen molar-refractivity contribution >= 4 is 18.3 Å². The van der Waals surface area contributed by atoms with Gasteiger partial charge < -0.3 is 20.1 Å². The SMILES string of the molecule is CC1CN(C(=O)[C@@H]2CC[C@H](CN)O2)CCO1.Cl. The predicted octanol–water partition coefficient (Wildman–Crippen LogP) is 0.162. The Morgan fingerprint density at radius 2 is 2.24 bits per heavy atom. The van der Waals surface area contributed by atoms with E-state index in [1.807, 2.05) is 11.8 Å². The first kappa shape index (κ1) is 14.7. The van der Waals surface area contributed by atoms with Crippen LogP contribution >= 0.6 is 12.4 Å². The van der Waals surface area contributed by atoms with Gasteiger partial charge >= 0.3 is 0 Å². The number of nitrogens with two attached hydrogens (primary N) is 1. The molecule has 0 aromatic carbocycles. The fraction of sp³-hybridized carbons (Fsp3) is 0.909. The van der Waals surface area contributed by atoms with Crippen LogP contribution in [0.25, 0.3) is 0 Å². The molecule has 3 atom stereocenters. The van der Waals surface area contributed by atoms with Crippen LogP contribution in [0.3, 0.4) is 0 Å². The van der Waals surface area contributed by atoms with E-state index in [2.05, 4.69) is 0 Å². The normalized spacial score (nSPS) is 33.3. The Labute approximate surface area is 108 Å². The van der Waals surface area contributed by atoms with Crippen LogP contribution in [0, 0.1) is 0 Å². The molecule has 0 aromatic rings. The number of carbonyl (C=O) groups excluding carboxylic acids is 1. The maximum Gasteiger partial charge on any atom is 0.251 e. The van der Waals surface area contributed by atoms with Gasteiger partial charge in [0.1, 0.15) is 6.10 Å². The Kier molecular flexibility index (Phi) is 5.66. The Bertz CT molecular complexity index is 265. The minimum absolute atomic E-state index is 0. The molecule has 1 unspecified atom stereocenters. The summed E-state index contributed by atoms with van der Waals surface area (Å²) in [7, 11) is 0. The van der Waals surface area contributed by atoms with E-state index in [0.717, 1.165) is 12.8 Å². The van der Waals surface area contributed by atoms with Gasteiger partial charge in [-0.15, -0.1) is 12.4 Å². The molecule has 2 N–H and O–H groups in total. The maximum absolute atomic E-state index is 12.1. The van der Waals surface area contributed by atoms with Crippen molar-refractivity contribution in [3.8, 4) is 0 Å². The predicted molar refractivity (Wildman–Crippen MR) is 66.2 cm³/mol. The van der Waals surface area contributed by atoms with Crippen LogP contribution in [0.4, 0.5) is 0 Å². The van der Waals surface area contributed by atoms with Gasteiger partial charge in [-0.1, -0.05) is 0 Å². The van der Waals surface area contributed by atoms with Crippen molar-refractivity contribution in [2.45, 2.75) is 38.1 Å². The quantitative estimate of drug-likeness (QED) is 0.772. The van der Waals surface area contributed by atoms with Gasteiger partial charge in [0.2, 0.25) is 0 Å². The molecule has 5 nitrogen and oxygen atoms in total. The maximum atomic E-state index is 12.1. The van der Waals surface area contributed by atoms with Crippen LogP contribution in [0.15, 0.2) is 0 Å². The molecule has 17 heavy (non-hydrogen) atoms. The lowest BCUT2D eigenvalue weighted by Gasteiger charge is -2.32. The average Bonchev–Trinajstić information content (AvgIpc) is 2.76. The van der Waals surface area contributed by atoms with Crippen molar-refractivity contribution in [1.82, 2.24) is 4.90 Å². The highest BCUT2D eigenvalue weighted by atomic mass is 35.5. The van der Waals surface area contributed by atoms with Gasteiger partial charge in [0.15, 0.2) is 0 Å². The zero-order valence-corrected chi connectivity index (χ0v) is 10.9. The van der Waals surface area contributed by atoms with Gasteiger partial charge in [0, 0.05) is 19.6 Å². The third kappa shape index (κ3) is 3.55. The molecule has 2 fully saturated rings. The highest BCUT2D eigenvalue weighted by molar-refractivity contribution is 5.85. The number of hydrogen-bond acceptors (Lipinski definition) is 4. The fourth-order valence-electron chi connectivity index (χ4n) is 2.28. The van der Waals surface area contributed by atoms with E-state index < -0.39 is 0 Å². The summed E-state index contributed by atoms with van der Waals surface area (Å²) in [6.07, 6.45) is 1.61. The Morgan fingerprint density at radius 3 is 2.82 bits per heavy atom. The average molecular weight is 265 g/mol. The molecule has 2 heterocycles.